The molecule has 57 heavy (non-hydrogen) atoms. The van der Waals surface area contributed by atoms with Gasteiger partial charge in [0.25, 0.3) is 0 Å². The van der Waals surface area contributed by atoms with Gasteiger partial charge in [-0.3, -0.25) is 0 Å². The van der Waals surface area contributed by atoms with Gasteiger partial charge in [0.15, 0.2) is 69.8 Å². The van der Waals surface area contributed by atoms with Gasteiger partial charge in [0.2, 0.25) is 17.5 Å². The van der Waals surface area contributed by atoms with E-state index >= 15 is 26.3 Å². The summed E-state index contributed by atoms with van der Waals surface area (Å²) in [6.07, 6.45) is 1.56. The molecule has 293 valence electrons. The number of fused-ring (bicyclic) bond motifs is 9. The summed E-state index contributed by atoms with van der Waals surface area (Å²) in [6, 6.07) is 5.64. The summed E-state index contributed by atoms with van der Waals surface area (Å²) in [4.78, 5) is 16.3. The monoisotopic (exact) mass is 852 g/mol. The summed E-state index contributed by atoms with van der Waals surface area (Å²) in [7, 11) is 0. The Balaban J connectivity index is 0.00000496. The Kier molecular flexibility index (Phi) is 9.46. The standard InChI is InChI=1S/C37H8F15N4.Co/c38-23-20(24(39)30(45)35(50)29(23)44)17-11-3-1-9(53-11)10-2-4-12(54-10)18(21-25(40)31(46)36(51)32(47)26(21)41)14-6-8-16(56-14)19(15-7-5-13(17)55-15)22-27(42)33(48)37(52)34(49)28(22)43;/h1-8H;/q-3;. The Labute approximate surface area is 315 Å². The molecule has 0 spiro atoms. The third-order valence-corrected chi connectivity index (χ3v) is 8.74. The van der Waals surface area contributed by atoms with Crippen molar-refractivity contribution >= 4 is 45.3 Å². The average Bonchev–Trinajstić information content (AvgIpc) is 4.03. The molecule has 0 atom stereocenters. The Hall–Kier alpha value is -6.15. The first kappa shape index (κ1) is 39.1. The van der Waals surface area contributed by atoms with Crippen LogP contribution in [0.5, 0.6) is 0 Å². The molecule has 5 heterocycles. The summed E-state index contributed by atoms with van der Waals surface area (Å²) in [5.74, 6) is -37.0. The summed E-state index contributed by atoms with van der Waals surface area (Å²) < 4.78 is 223. The van der Waals surface area contributed by atoms with Gasteiger partial charge in [-0.1, -0.05) is 36.4 Å². The third kappa shape index (κ3) is 5.67. The number of hydrogen-bond acceptors (Lipinski definition) is 1. The molecule has 4 nitrogen and oxygen atoms in total. The zero-order valence-electron chi connectivity index (χ0n) is 26.9. The zero-order chi connectivity index (χ0) is 40.2. The van der Waals surface area contributed by atoms with Crippen LogP contribution in [0.4, 0.5) is 65.9 Å². The normalized spacial score (nSPS) is 11.9. The summed E-state index contributed by atoms with van der Waals surface area (Å²) in [5, 5.41) is 0. The zero-order valence-corrected chi connectivity index (χ0v) is 28.0. The molecule has 4 aromatic heterocycles. The van der Waals surface area contributed by atoms with Crippen LogP contribution >= 0.6 is 0 Å². The molecular formula is C37H8CoF15N4-3. The van der Waals surface area contributed by atoms with Crippen molar-refractivity contribution in [3.8, 4) is 33.4 Å². The Morgan fingerprint density at radius 1 is 0.263 bits per heavy atom. The molecule has 0 saturated heterocycles. The predicted octanol–water partition coefficient (Wildman–Crippen LogP) is 10.7. The minimum Gasteiger partial charge on any atom is -0.658 e. The molecule has 1 aliphatic rings. The second kappa shape index (κ2) is 13.8. The summed E-state index contributed by atoms with van der Waals surface area (Å²) in [6.45, 7) is 0. The van der Waals surface area contributed by atoms with Crippen LogP contribution in [0.1, 0.15) is 11.4 Å². The first-order chi connectivity index (χ1) is 26.5. The van der Waals surface area contributed by atoms with Crippen LogP contribution in [-0.2, 0) is 16.8 Å². The molecular weight excluding hydrogens is 844 g/mol. The van der Waals surface area contributed by atoms with E-state index in [1.165, 1.54) is 0 Å². The van der Waals surface area contributed by atoms with E-state index in [9.17, 15) is 39.5 Å². The maximum absolute atomic E-state index is 15.5. The van der Waals surface area contributed by atoms with E-state index < -0.39 is 154 Å². The molecule has 8 rings (SSSR count). The smallest absolute Gasteiger partial charge is 0.200 e. The fourth-order valence-corrected chi connectivity index (χ4v) is 6.20. The van der Waals surface area contributed by atoms with Crippen molar-refractivity contribution in [1.29, 1.82) is 0 Å². The molecule has 0 saturated carbocycles. The van der Waals surface area contributed by atoms with Gasteiger partial charge in [0.1, 0.15) is 0 Å². The number of aromatic nitrogens is 4. The van der Waals surface area contributed by atoms with Crippen molar-refractivity contribution in [3.05, 3.63) is 135 Å². The molecule has 0 fully saturated rings. The number of benzene rings is 3. The van der Waals surface area contributed by atoms with Gasteiger partial charge >= 0.3 is 0 Å². The Morgan fingerprint density at radius 3 is 0.772 bits per heavy atom. The van der Waals surface area contributed by atoms with Crippen LogP contribution in [0.25, 0.3) is 78.6 Å². The van der Waals surface area contributed by atoms with Gasteiger partial charge in [-0.15, -0.1) is 22.1 Å². The summed E-state index contributed by atoms with van der Waals surface area (Å²) in [5.41, 5.74) is -13.0. The van der Waals surface area contributed by atoms with E-state index in [0.29, 0.717) is 0 Å². The van der Waals surface area contributed by atoms with E-state index in [1.807, 2.05) is 0 Å². The van der Waals surface area contributed by atoms with Crippen LogP contribution in [-0.4, -0.2) is 4.98 Å². The molecule has 8 bridgehead atoms. The molecule has 3 aromatic carbocycles. The van der Waals surface area contributed by atoms with Crippen molar-refractivity contribution in [2.75, 3.05) is 0 Å². The maximum Gasteiger partial charge on any atom is 0.200 e. The molecule has 1 radical (unpaired) electrons. The van der Waals surface area contributed by atoms with E-state index in [0.717, 1.165) is 48.6 Å². The van der Waals surface area contributed by atoms with E-state index in [2.05, 4.69) is 19.9 Å². The quantitative estimate of drug-likeness (QED) is 0.101. The fraction of sp³-hybridized carbons (Fsp3) is 0. The van der Waals surface area contributed by atoms with Crippen LogP contribution < -0.4 is 15.0 Å². The maximum atomic E-state index is 15.5. The van der Waals surface area contributed by atoms with Crippen LogP contribution in [0.3, 0.4) is 0 Å². The van der Waals surface area contributed by atoms with Crippen LogP contribution in [0, 0.1) is 87.3 Å². The average molecular weight is 852 g/mol. The molecule has 7 aromatic rings. The number of nitrogens with zero attached hydrogens (tertiary/aromatic N) is 4. The van der Waals surface area contributed by atoms with E-state index in [4.69, 9.17) is 0 Å². The fourth-order valence-electron chi connectivity index (χ4n) is 6.20. The molecule has 0 N–H and O–H groups in total. The van der Waals surface area contributed by atoms with Crippen molar-refractivity contribution in [1.82, 2.24) is 19.9 Å². The van der Waals surface area contributed by atoms with E-state index in [-0.39, 0.29) is 27.8 Å². The Morgan fingerprint density at radius 2 is 0.474 bits per heavy atom. The van der Waals surface area contributed by atoms with E-state index in [1.54, 1.807) is 0 Å². The number of halogens is 15. The van der Waals surface area contributed by atoms with Gasteiger partial charge < -0.3 is 15.0 Å². The van der Waals surface area contributed by atoms with Gasteiger partial charge in [-0.25, -0.2) is 70.8 Å². The van der Waals surface area contributed by atoms with Gasteiger partial charge in [-0.05, 0) is 28.8 Å². The van der Waals surface area contributed by atoms with Crippen LogP contribution in [0.2, 0.25) is 0 Å². The van der Waals surface area contributed by atoms with Crippen molar-refractivity contribution in [3.63, 3.8) is 0 Å². The molecule has 0 unspecified atom stereocenters. The Bertz CT molecular complexity index is 2970. The van der Waals surface area contributed by atoms with Gasteiger partial charge in [0.05, 0.1) is 28.1 Å². The molecule has 0 aliphatic carbocycles. The summed E-state index contributed by atoms with van der Waals surface area (Å²) >= 11 is 0. The number of hydrogen-bond donors (Lipinski definition) is 0. The van der Waals surface area contributed by atoms with Crippen molar-refractivity contribution in [2.24, 2.45) is 0 Å². The minimum absolute atomic E-state index is 0. The first-order valence-corrected chi connectivity index (χ1v) is 15.3. The third-order valence-electron chi connectivity index (χ3n) is 8.74. The van der Waals surface area contributed by atoms with Gasteiger partial charge in [-0.2, -0.15) is 11.0 Å². The second-order valence-corrected chi connectivity index (χ2v) is 11.8. The first-order valence-electron chi connectivity index (χ1n) is 15.3. The minimum atomic E-state index is -2.62. The SMILES string of the molecule is Fc1c(F)c(F)c(-c2c3nc(c(-c4c(F)c(F)c(F)c(F)c4F)c4ccc([n-]4)c4ccc([n-]4)c(-c4c(F)c(F)c(F)c(F)c4F)c4ccc2[n-]4)C=C3)c(F)c1F.[Co]. The van der Waals surface area contributed by atoms with Gasteiger partial charge in [0, 0.05) is 16.8 Å². The second-order valence-electron chi connectivity index (χ2n) is 11.8. The topological polar surface area (TPSA) is 55.2 Å². The molecule has 1 aliphatic heterocycles. The van der Waals surface area contributed by atoms with Crippen molar-refractivity contribution < 1.29 is 82.6 Å². The van der Waals surface area contributed by atoms with Crippen LogP contribution in [0.15, 0.2) is 36.4 Å². The predicted molar refractivity (Wildman–Crippen MR) is 168 cm³/mol. The molecule has 0 amide bonds. The number of rotatable bonds is 3. The largest absolute Gasteiger partial charge is 0.658 e. The van der Waals surface area contributed by atoms with Crippen molar-refractivity contribution in [2.45, 2.75) is 0 Å². The molecule has 20 heteroatoms.